The van der Waals surface area contributed by atoms with Crippen molar-refractivity contribution in [3.05, 3.63) is 63.2 Å². The van der Waals surface area contributed by atoms with E-state index in [1.54, 1.807) is 18.2 Å². The third-order valence-electron chi connectivity index (χ3n) is 4.79. The molecule has 2 atom stereocenters. The smallest absolute Gasteiger partial charge is 0.341 e. The fourth-order valence-electron chi connectivity index (χ4n) is 2.97. The molecule has 0 aromatic heterocycles. The molecule has 0 saturated heterocycles. The largest absolute Gasteiger partial charge is 0.492 e. The van der Waals surface area contributed by atoms with Gasteiger partial charge < -0.3 is 18.9 Å². The molecule has 186 valence electrons. The molecule has 8 heteroatoms. The van der Waals surface area contributed by atoms with Crippen molar-refractivity contribution in [2.24, 2.45) is 0 Å². The molecule has 0 amide bonds. The third-order valence-corrected chi connectivity index (χ3v) is 6.44. The summed E-state index contributed by atoms with van der Waals surface area (Å²) in [6, 6.07) is 14.5. The second kappa shape index (κ2) is 16.3. The fourth-order valence-corrected chi connectivity index (χ4v) is 4.09. The Morgan fingerprint density at radius 3 is 2.44 bits per heavy atom. The SMILES string of the molecule is CCCOC(=O)c1cc(I)ccc1OCC(I)CCCCOC(C)COC(=O)c1ccccc1. The molecule has 2 unspecified atom stereocenters. The minimum absolute atomic E-state index is 0.154. The minimum Gasteiger partial charge on any atom is -0.492 e. The first-order valence-corrected chi connectivity index (χ1v) is 13.8. The van der Waals surface area contributed by atoms with Gasteiger partial charge in [0.15, 0.2) is 0 Å². The second-order valence-corrected chi connectivity index (χ2v) is 10.8. The zero-order valence-corrected chi connectivity index (χ0v) is 24.0. The first-order valence-electron chi connectivity index (χ1n) is 11.5. The predicted molar refractivity (Wildman–Crippen MR) is 149 cm³/mol. The topological polar surface area (TPSA) is 71.1 Å². The molecule has 0 fully saturated rings. The van der Waals surface area contributed by atoms with Gasteiger partial charge >= 0.3 is 11.9 Å². The number of benzene rings is 2. The van der Waals surface area contributed by atoms with E-state index in [2.05, 4.69) is 45.2 Å². The number of hydrogen-bond acceptors (Lipinski definition) is 6. The van der Waals surface area contributed by atoms with E-state index in [0.717, 1.165) is 29.3 Å². The number of carbonyl (C=O) groups excluding carboxylic acids is 2. The number of ether oxygens (including phenoxy) is 4. The number of esters is 2. The van der Waals surface area contributed by atoms with E-state index < -0.39 is 0 Å². The summed E-state index contributed by atoms with van der Waals surface area (Å²) in [5.41, 5.74) is 1.01. The molecule has 0 radical (unpaired) electrons. The van der Waals surface area contributed by atoms with E-state index in [-0.39, 0.29) is 24.6 Å². The van der Waals surface area contributed by atoms with Crippen LogP contribution in [0.5, 0.6) is 5.75 Å². The molecule has 2 aromatic carbocycles. The maximum atomic E-state index is 12.3. The van der Waals surface area contributed by atoms with Crippen LogP contribution in [0.2, 0.25) is 0 Å². The van der Waals surface area contributed by atoms with Gasteiger partial charge in [0.25, 0.3) is 0 Å². The molecular weight excluding hydrogens is 662 g/mol. The lowest BCUT2D eigenvalue weighted by Crippen LogP contribution is -2.20. The summed E-state index contributed by atoms with van der Waals surface area (Å²) in [6.45, 7) is 5.62. The van der Waals surface area contributed by atoms with Crippen LogP contribution in [-0.2, 0) is 14.2 Å². The van der Waals surface area contributed by atoms with Crippen LogP contribution in [0.15, 0.2) is 48.5 Å². The zero-order chi connectivity index (χ0) is 24.8. The standard InChI is InChI=1S/C26H32I2O6/c1-3-14-32-26(30)23-16-21(27)12-13-24(23)33-18-22(28)11-7-8-15-31-19(2)17-34-25(29)20-9-5-4-6-10-20/h4-6,9-10,12-13,16,19,22H,3,7-8,11,14-15,17-18H2,1-2H3. The normalized spacial score (nSPS) is 12.6. The van der Waals surface area contributed by atoms with Crippen molar-refractivity contribution in [1.29, 1.82) is 0 Å². The first-order chi connectivity index (χ1) is 16.4. The van der Waals surface area contributed by atoms with Gasteiger partial charge in [-0.15, -0.1) is 0 Å². The second-order valence-electron chi connectivity index (χ2n) is 7.83. The average Bonchev–Trinajstić information content (AvgIpc) is 2.85. The van der Waals surface area contributed by atoms with Crippen molar-refractivity contribution in [3.63, 3.8) is 0 Å². The Morgan fingerprint density at radius 2 is 1.71 bits per heavy atom. The lowest BCUT2D eigenvalue weighted by Gasteiger charge is -2.16. The molecule has 0 spiro atoms. The number of hydrogen-bond donors (Lipinski definition) is 0. The summed E-state index contributed by atoms with van der Waals surface area (Å²) >= 11 is 4.55. The molecule has 34 heavy (non-hydrogen) atoms. The van der Waals surface area contributed by atoms with Gasteiger partial charge in [-0.25, -0.2) is 9.59 Å². The Morgan fingerprint density at radius 1 is 0.941 bits per heavy atom. The predicted octanol–water partition coefficient (Wildman–Crippen LogP) is 6.47. The van der Waals surface area contributed by atoms with Crippen LogP contribution in [0.1, 0.15) is 60.2 Å². The van der Waals surface area contributed by atoms with Crippen LogP contribution in [0.3, 0.4) is 0 Å². The van der Waals surface area contributed by atoms with Gasteiger partial charge in [-0.2, -0.15) is 0 Å². The Bertz CT molecular complexity index is 890. The van der Waals surface area contributed by atoms with Crippen molar-refractivity contribution >= 4 is 57.1 Å². The lowest BCUT2D eigenvalue weighted by molar-refractivity contribution is -0.00140. The summed E-state index contributed by atoms with van der Waals surface area (Å²) in [4.78, 5) is 24.3. The lowest BCUT2D eigenvalue weighted by atomic mass is 10.2. The number of rotatable bonds is 15. The molecule has 0 aliphatic carbocycles. The average molecular weight is 694 g/mol. The van der Waals surface area contributed by atoms with Gasteiger partial charge in [0.1, 0.15) is 17.9 Å². The molecule has 6 nitrogen and oxygen atoms in total. The van der Waals surface area contributed by atoms with E-state index in [1.165, 1.54) is 0 Å². The molecule has 0 aliphatic heterocycles. The molecular formula is C26H32I2O6. The Labute approximate surface area is 229 Å². The van der Waals surface area contributed by atoms with Crippen molar-refractivity contribution in [2.45, 2.75) is 49.6 Å². The highest BCUT2D eigenvalue weighted by Gasteiger charge is 2.16. The fraction of sp³-hybridized carbons (Fsp3) is 0.462. The molecule has 2 rings (SSSR count). The Hall–Kier alpha value is -1.40. The van der Waals surface area contributed by atoms with Crippen LogP contribution < -0.4 is 4.74 Å². The van der Waals surface area contributed by atoms with Crippen LogP contribution >= 0.6 is 45.2 Å². The van der Waals surface area contributed by atoms with Crippen molar-refractivity contribution in [1.82, 2.24) is 0 Å². The highest BCUT2D eigenvalue weighted by atomic mass is 127. The van der Waals surface area contributed by atoms with Crippen LogP contribution in [-0.4, -0.2) is 48.4 Å². The summed E-state index contributed by atoms with van der Waals surface area (Å²) in [7, 11) is 0. The van der Waals surface area contributed by atoms with Gasteiger partial charge in [0.05, 0.1) is 24.9 Å². The van der Waals surface area contributed by atoms with Crippen molar-refractivity contribution < 1.29 is 28.5 Å². The minimum atomic E-state index is -0.346. The highest BCUT2D eigenvalue weighted by Crippen LogP contribution is 2.24. The first kappa shape index (κ1) is 28.8. The van der Waals surface area contributed by atoms with Gasteiger partial charge in [-0.1, -0.05) is 47.7 Å². The summed E-state index contributed by atoms with van der Waals surface area (Å²) in [6.07, 6.45) is 3.50. The monoisotopic (exact) mass is 694 g/mol. The zero-order valence-electron chi connectivity index (χ0n) is 19.6. The molecule has 0 N–H and O–H groups in total. The Balaban J connectivity index is 1.62. The summed E-state index contributed by atoms with van der Waals surface area (Å²) in [5.74, 6) is -0.120. The van der Waals surface area contributed by atoms with E-state index >= 15 is 0 Å². The maximum absolute atomic E-state index is 12.3. The number of unbranched alkanes of at least 4 members (excludes halogenated alkanes) is 1. The van der Waals surface area contributed by atoms with E-state index in [4.69, 9.17) is 18.9 Å². The molecule has 0 heterocycles. The molecule has 0 bridgehead atoms. The summed E-state index contributed by atoms with van der Waals surface area (Å²) < 4.78 is 23.6. The quantitative estimate of drug-likeness (QED) is 0.0922. The third kappa shape index (κ3) is 10.9. The van der Waals surface area contributed by atoms with E-state index in [9.17, 15) is 9.59 Å². The van der Waals surface area contributed by atoms with Gasteiger partial charge in [0, 0.05) is 14.1 Å². The molecule has 0 saturated carbocycles. The Kier molecular flexibility index (Phi) is 13.8. The van der Waals surface area contributed by atoms with Gasteiger partial charge in [0.2, 0.25) is 0 Å². The number of carbonyl (C=O) groups is 2. The highest BCUT2D eigenvalue weighted by molar-refractivity contribution is 14.1. The van der Waals surface area contributed by atoms with Crippen LogP contribution in [0, 0.1) is 3.57 Å². The molecule has 2 aromatic rings. The van der Waals surface area contributed by atoms with Gasteiger partial charge in [-0.05, 0) is 85.5 Å². The van der Waals surface area contributed by atoms with Gasteiger partial charge in [-0.3, -0.25) is 0 Å². The van der Waals surface area contributed by atoms with Crippen molar-refractivity contribution in [2.75, 3.05) is 26.4 Å². The van der Waals surface area contributed by atoms with E-state index in [1.807, 2.05) is 44.2 Å². The van der Waals surface area contributed by atoms with E-state index in [0.29, 0.717) is 40.6 Å². The molecule has 0 aliphatic rings. The van der Waals surface area contributed by atoms with Crippen LogP contribution in [0.25, 0.3) is 0 Å². The maximum Gasteiger partial charge on any atom is 0.341 e. The number of halogens is 2. The summed E-state index contributed by atoms with van der Waals surface area (Å²) in [5, 5.41) is 0. The van der Waals surface area contributed by atoms with Crippen LogP contribution in [0.4, 0.5) is 0 Å². The van der Waals surface area contributed by atoms with Crippen molar-refractivity contribution in [3.8, 4) is 5.75 Å². The number of alkyl halides is 1.